The molecule has 3 aromatic carbocycles. The minimum Gasteiger partial charge on any atom is -0.284 e. The van der Waals surface area contributed by atoms with Crippen molar-refractivity contribution in [2.24, 2.45) is 0 Å². The molecule has 1 aliphatic carbocycles. The summed E-state index contributed by atoms with van der Waals surface area (Å²) in [6.07, 6.45) is 5.91. The van der Waals surface area contributed by atoms with Crippen molar-refractivity contribution in [1.29, 1.82) is 0 Å². The Hall–Kier alpha value is -3.10. The number of hydrogen-bond donors (Lipinski definition) is 2. The maximum atomic E-state index is 11.7. The van der Waals surface area contributed by atoms with Gasteiger partial charge in [-0.15, -0.1) is 0 Å². The second kappa shape index (κ2) is 8.44. The molecule has 0 saturated heterocycles. The maximum absolute atomic E-state index is 11.7. The van der Waals surface area contributed by atoms with E-state index in [9.17, 15) is 16.8 Å². The van der Waals surface area contributed by atoms with Crippen LogP contribution in [0.25, 0.3) is 11.6 Å². The van der Waals surface area contributed by atoms with Gasteiger partial charge in [0.1, 0.15) is 0 Å². The molecule has 1 aliphatic rings. The van der Waals surface area contributed by atoms with Gasteiger partial charge in [-0.2, -0.15) is 0 Å². The van der Waals surface area contributed by atoms with Crippen LogP contribution < -0.4 is 9.44 Å². The molecule has 0 amide bonds. The Kier molecular flexibility index (Phi) is 5.83. The smallest absolute Gasteiger partial charge is 0.229 e. The van der Waals surface area contributed by atoms with Gasteiger partial charge in [-0.05, 0) is 76.6 Å². The molecule has 0 saturated carbocycles. The highest BCUT2D eigenvalue weighted by atomic mass is 32.2. The molecule has 0 fully saturated rings. The van der Waals surface area contributed by atoms with Gasteiger partial charge in [0.2, 0.25) is 20.0 Å². The first kappa shape index (κ1) is 22.1. The number of rotatable bonds is 5. The van der Waals surface area contributed by atoms with E-state index in [-0.39, 0.29) is 0 Å². The van der Waals surface area contributed by atoms with Gasteiger partial charge in [0.05, 0.1) is 12.5 Å². The summed E-state index contributed by atoms with van der Waals surface area (Å²) in [4.78, 5) is 0. The lowest BCUT2D eigenvalue weighted by Crippen LogP contribution is -2.10. The molecule has 4 rings (SSSR count). The molecule has 6 nitrogen and oxygen atoms in total. The standard InChI is InChI=1S/C24H24N2O4S2/c1-31(27,28)25-20-8-5-6-17(14-20)15-24-22-9-4-3-7-18(22)10-11-19-16-21(12-13-23(19)24)26-32(2,29)30/h3-9,12-16,25-26H,10-11H2,1-2H3. The fourth-order valence-electron chi connectivity index (χ4n) is 3.98. The normalized spacial score (nSPS) is 14.9. The van der Waals surface area contributed by atoms with Crippen LogP contribution in [0.1, 0.15) is 27.8 Å². The van der Waals surface area contributed by atoms with Gasteiger partial charge in [-0.25, -0.2) is 16.8 Å². The highest BCUT2D eigenvalue weighted by Gasteiger charge is 2.19. The summed E-state index contributed by atoms with van der Waals surface area (Å²) in [5, 5.41) is 0. The van der Waals surface area contributed by atoms with E-state index in [4.69, 9.17) is 0 Å². The number of benzene rings is 3. The third-order valence-corrected chi connectivity index (χ3v) is 6.38. The van der Waals surface area contributed by atoms with Gasteiger partial charge in [0.25, 0.3) is 0 Å². The molecule has 166 valence electrons. The van der Waals surface area contributed by atoms with Crippen molar-refractivity contribution >= 4 is 43.1 Å². The van der Waals surface area contributed by atoms with E-state index in [1.165, 1.54) is 5.56 Å². The van der Waals surface area contributed by atoms with E-state index in [1.807, 2.05) is 42.5 Å². The van der Waals surface area contributed by atoms with Crippen LogP contribution in [0, 0.1) is 0 Å². The Bertz CT molecular complexity index is 1430. The van der Waals surface area contributed by atoms with Crippen LogP contribution in [0.15, 0.2) is 66.7 Å². The van der Waals surface area contributed by atoms with Gasteiger partial charge in [-0.3, -0.25) is 9.44 Å². The summed E-state index contributed by atoms with van der Waals surface area (Å²) >= 11 is 0. The van der Waals surface area contributed by atoms with Crippen molar-refractivity contribution in [2.45, 2.75) is 12.8 Å². The van der Waals surface area contributed by atoms with Crippen molar-refractivity contribution in [3.63, 3.8) is 0 Å². The Balaban J connectivity index is 1.85. The molecule has 0 heterocycles. The first-order valence-corrected chi connectivity index (χ1v) is 13.8. The molecule has 3 aromatic rings. The SMILES string of the molecule is CS(=O)(=O)Nc1cccc(C=C2c3ccccc3CCc3cc(NS(C)(=O)=O)ccc32)c1. The van der Waals surface area contributed by atoms with Crippen LogP contribution in [-0.2, 0) is 32.9 Å². The summed E-state index contributed by atoms with van der Waals surface area (Å²) in [7, 11) is -6.75. The van der Waals surface area contributed by atoms with Crippen molar-refractivity contribution < 1.29 is 16.8 Å². The Labute approximate surface area is 189 Å². The topological polar surface area (TPSA) is 92.3 Å². The van der Waals surface area contributed by atoms with Crippen LogP contribution in [0.3, 0.4) is 0 Å². The molecule has 0 aliphatic heterocycles. The fourth-order valence-corrected chi connectivity index (χ4v) is 5.09. The highest BCUT2D eigenvalue weighted by Crippen LogP contribution is 2.36. The highest BCUT2D eigenvalue weighted by molar-refractivity contribution is 7.92. The van der Waals surface area contributed by atoms with Gasteiger partial charge in [0.15, 0.2) is 0 Å². The Morgan fingerprint density at radius 2 is 1.31 bits per heavy atom. The third kappa shape index (κ3) is 5.38. The van der Waals surface area contributed by atoms with Crippen LogP contribution in [0.4, 0.5) is 11.4 Å². The Morgan fingerprint density at radius 1 is 0.688 bits per heavy atom. The zero-order valence-corrected chi connectivity index (χ0v) is 19.4. The predicted molar refractivity (Wildman–Crippen MR) is 131 cm³/mol. The van der Waals surface area contributed by atoms with Crippen molar-refractivity contribution in [2.75, 3.05) is 22.0 Å². The van der Waals surface area contributed by atoms with Crippen molar-refractivity contribution in [1.82, 2.24) is 0 Å². The third-order valence-electron chi connectivity index (χ3n) is 5.17. The quantitative estimate of drug-likeness (QED) is 0.589. The zero-order chi connectivity index (χ0) is 22.9. The molecule has 32 heavy (non-hydrogen) atoms. The second-order valence-electron chi connectivity index (χ2n) is 7.96. The number of nitrogens with one attached hydrogen (secondary N) is 2. The molecule has 0 unspecified atom stereocenters. The summed E-state index contributed by atoms with van der Waals surface area (Å²) in [5.74, 6) is 0. The average Bonchev–Trinajstić information content (AvgIpc) is 2.83. The van der Waals surface area contributed by atoms with Gasteiger partial charge in [-0.1, -0.05) is 42.5 Å². The lowest BCUT2D eigenvalue weighted by atomic mass is 9.92. The van der Waals surface area contributed by atoms with Crippen molar-refractivity contribution in [3.05, 3.63) is 94.5 Å². The number of fused-ring (bicyclic) bond motifs is 2. The summed E-state index contributed by atoms with van der Waals surface area (Å²) in [6.45, 7) is 0. The lowest BCUT2D eigenvalue weighted by molar-refractivity contribution is 0.605. The largest absolute Gasteiger partial charge is 0.284 e. The number of anilines is 2. The first-order chi connectivity index (χ1) is 15.1. The summed E-state index contributed by atoms with van der Waals surface area (Å²) < 4.78 is 51.7. The van der Waals surface area contributed by atoms with E-state index in [2.05, 4.69) is 21.6 Å². The minimum absolute atomic E-state index is 0.497. The Morgan fingerprint density at radius 3 is 2.03 bits per heavy atom. The molecular formula is C24H24N2O4S2. The van der Waals surface area contributed by atoms with E-state index in [0.717, 1.165) is 53.2 Å². The zero-order valence-electron chi connectivity index (χ0n) is 17.8. The minimum atomic E-state index is -3.38. The van der Waals surface area contributed by atoms with Crippen LogP contribution in [0.5, 0.6) is 0 Å². The number of hydrogen-bond acceptors (Lipinski definition) is 4. The molecule has 0 atom stereocenters. The predicted octanol–water partition coefficient (Wildman–Crippen LogP) is 4.12. The molecular weight excluding hydrogens is 444 g/mol. The molecule has 0 aromatic heterocycles. The van der Waals surface area contributed by atoms with E-state index in [1.54, 1.807) is 18.2 Å². The van der Waals surface area contributed by atoms with E-state index >= 15 is 0 Å². The number of sulfonamides is 2. The molecule has 0 bridgehead atoms. The molecule has 0 radical (unpaired) electrons. The first-order valence-electron chi connectivity index (χ1n) is 10.1. The van der Waals surface area contributed by atoms with Crippen LogP contribution >= 0.6 is 0 Å². The number of aryl methyl sites for hydroxylation is 2. The van der Waals surface area contributed by atoms with Crippen molar-refractivity contribution in [3.8, 4) is 0 Å². The van der Waals surface area contributed by atoms with Crippen LogP contribution in [-0.4, -0.2) is 29.3 Å². The van der Waals surface area contributed by atoms with Gasteiger partial charge < -0.3 is 0 Å². The second-order valence-corrected chi connectivity index (χ2v) is 11.5. The average molecular weight is 469 g/mol. The monoisotopic (exact) mass is 468 g/mol. The van der Waals surface area contributed by atoms with Gasteiger partial charge in [0, 0.05) is 11.4 Å². The maximum Gasteiger partial charge on any atom is 0.229 e. The molecule has 8 heteroatoms. The van der Waals surface area contributed by atoms with E-state index in [0.29, 0.717) is 11.4 Å². The van der Waals surface area contributed by atoms with Crippen LogP contribution in [0.2, 0.25) is 0 Å². The summed E-state index contributed by atoms with van der Waals surface area (Å²) in [6, 6.07) is 21.0. The van der Waals surface area contributed by atoms with Gasteiger partial charge >= 0.3 is 0 Å². The van der Waals surface area contributed by atoms with E-state index < -0.39 is 20.0 Å². The molecule has 2 N–H and O–H groups in total. The molecule has 0 spiro atoms. The lowest BCUT2D eigenvalue weighted by Gasteiger charge is -2.14. The fraction of sp³-hybridized carbons (Fsp3) is 0.167. The summed E-state index contributed by atoms with van der Waals surface area (Å²) in [5.41, 5.74) is 7.29.